The van der Waals surface area contributed by atoms with Crippen LogP contribution in [0.25, 0.3) is 0 Å². The van der Waals surface area contributed by atoms with E-state index in [9.17, 15) is 0 Å². The van der Waals surface area contributed by atoms with E-state index in [2.05, 4.69) is 5.32 Å². The lowest BCUT2D eigenvalue weighted by atomic mass is 9.83. The summed E-state index contributed by atoms with van der Waals surface area (Å²) in [6.07, 6.45) is 14.8. The van der Waals surface area contributed by atoms with Gasteiger partial charge in [0.05, 0.1) is 11.7 Å². The van der Waals surface area contributed by atoms with Gasteiger partial charge in [-0.2, -0.15) is 0 Å². The summed E-state index contributed by atoms with van der Waals surface area (Å²) in [6, 6.07) is 0. The summed E-state index contributed by atoms with van der Waals surface area (Å²) in [5.74, 6) is 0.755. The standard InChI is InChI=1S/C16H28ClNO/c17-13-15(7-2-1-3-8-15)18-12-14-6-11-16(19-14)9-4-5-10-16/h14,18H,1-13H2. The van der Waals surface area contributed by atoms with Gasteiger partial charge in [0.15, 0.2) is 0 Å². The van der Waals surface area contributed by atoms with Crippen LogP contribution in [-0.4, -0.2) is 29.7 Å². The molecule has 19 heavy (non-hydrogen) atoms. The summed E-state index contributed by atoms with van der Waals surface area (Å²) in [4.78, 5) is 0. The maximum atomic E-state index is 6.38. The van der Waals surface area contributed by atoms with Crippen molar-refractivity contribution in [3.63, 3.8) is 0 Å². The summed E-state index contributed by atoms with van der Waals surface area (Å²) in [7, 11) is 0. The predicted octanol–water partition coefficient (Wildman–Crippen LogP) is 4.01. The van der Waals surface area contributed by atoms with Crippen molar-refractivity contribution in [2.24, 2.45) is 0 Å². The molecule has 0 bridgehead atoms. The summed E-state index contributed by atoms with van der Waals surface area (Å²) in [5.41, 5.74) is 0.474. The molecule has 0 amide bonds. The molecule has 1 atom stereocenters. The number of hydrogen-bond acceptors (Lipinski definition) is 2. The lowest BCUT2D eigenvalue weighted by Crippen LogP contribution is -2.51. The molecule has 1 heterocycles. The van der Waals surface area contributed by atoms with Gasteiger partial charge in [-0.25, -0.2) is 0 Å². The van der Waals surface area contributed by atoms with Crippen LogP contribution in [0.3, 0.4) is 0 Å². The number of ether oxygens (including phenoxy) is 1. The average molecular weight is 286 g/mol. The Morgan fingerprint density at radius 2 is 1.63 bits per heavy atom. The average Bonchev–Trinajstić information content (AvgIpc) is 3.08. The summed E-state index contributed by atoms with van der Waals surface area (Å²) in [6.45, 7) is 1.01. The summed E-state index contributed by atoms with van der Waals surface area (Å²) >= 11 is 6.24. The van der Waals surface area contributed by atoms with E-state index in [1.165, 1.54) is 70.6 Å². The fourth-order valence-corrected chi connectivity index (χ4v) is 4.70. The van der Waals surface area contributed by atoms with Gasteiger partial charge in [-0.15, -0.1) is 11.6 Å². The maximum absolute atomic E-state index is 6.38. The highest BCUT2D eigenvalue weighted by Crippen LogP contribution is 2.43. The Balaban J connectivity index is 1.49. The molecule has 3 fully saturated rings. The van der Waals surface area contributed by atoms with Crippen LogP contribution in [0.2, 0.25) is 0 Å². The van der Waals surface area contributed by atoms with Gasteiger partial charge in [-0.3, -0.25) is 0 Å². The molecule has 3 heteroatoms. The minimum absolute atomic E-state index is 0.203. The lowest BCUT2D eigenvalue weighted by molar-refractivity contribution is -0.0378. The molecule has 2 saturated carbocycles. The summed E-state index contributed by atoms with van der Waals surface area (Å²) < 4.78 is 6.38. The quantitative estimate of drug-likeness (QED) is 0.788. The second kappa shape index (κ2) is 5.91. The second-order valence-electron chi connectivity index (χ2n) is 7.02. The Morgan fingerprint density at radius 1 is 0.947 bits per heavy atom. The van der Waals surface area contributed by atoms with Gasteiger partial charge < -0.3 is 10.1 Å². The molecule has 3 rings (SSSR count). The van der Waals surface area contributed by atoms with Gasteiger partial charge in [0.25, 0.3) is 0 Å². The number of rotatable bonds is 4. The topological polar surface area (TPSA) is 21.3 Å². The van der Waals surface area contributed by atoms with Gasteiger partial charge >= 0.3 is 0 Å². The third-order valence-corrected chi connectivity index (χ3v) is 6.14. The zero-order chi connectivity index (χ0) is 13.2. The van der Waals surface area contributed by atoms with E-state index in [1.54, 1.807) is 0 Å². The van der Waals surface area contributed by atoms with E-state index in [0.29, 0.717) is 6.10 Å². The van der Waals surface area contributed by atoms with Crippen LogP contribution in [0.1, 0.15) is 70.6 Å². The molecule has 0 aromatic heterocycles. The Labute approximate surface area is 122 Å². The van der Waals surface area contributed by atoms with Gasteiger partial charge in [0, 0.05) is 18.0 Å². The van der Waals surface area contributed by atoms with Crippen molar-refractivity contribution in [3.8, 4) is 0 Å². The molecule has 0 radical (unpaired) electrons. The van der Waals surface area contributed by atoms with E-state index in [4.69, 9.17) is 16.3 Å². The molecule has 1 unspecified atom stereocenters. The molecular weight excluding hydrogens is 258 g/mol. The molecule has 0 aromatic rings. The van der Waals surface area contributed by atoms with E-state index in [0.717, 1.165) is 12.4 Å². The molecule has 1 aliphatic heterocycles. The molecule has 2 nitrogen and oxygen atoms in total. The van der Waals surface area contributed by atoms with Crippen LogP contribution in [0, 0.1) is 0 Å². The molecule has 0 aromatic carbocycles. The fraction of sp³-hybridized carbons (Fsp3) is 1.00. The van der Waals surface area contributed by atoms with Crippen LogP contribution in [0.5, 0.6) is 0 Å². The first-order valence-electron chi connectivity index (χ1n) is 8.25. The molecule has 3 aliphatic rings. The monoisotopic (exact) mass is 285 g/mol. The zero-order valence-corrected chi connectivity index (χ0v) is 12.8. The van der Waals surface area contributed by atoms with Crippen molar-refractivity contribution in [2.45, 2.75) is 87.9 Å². The minimum Gasteiger partial charge on any atom is -0.370 e. The Bertz CT molecular complexity index is 295. The van der Waals surface area contributed by atoms with Crippen molar-refractivity contribution >= 4 is 11.6 Å². The van der Waals surface area contributed by atoms with Gasteiger partial charge in [-0.1, -0.05) is 32.1 Å². The number of nitrogens with one attached hydrogen (secondary N) is 1. The van der Waals surface area contributed by atoms with Crippen molar-refractivity contribution in [1.29, 1.82) is 0 Å². The van der Waals surface area contributed by atoms with E-state index >= 15 is 0 Å². The zero-order valence-electron chi connectivity index (χ0n) is 12.1. The smallest absolute Gasteiger partial charge is 0.0708 e. The van der Waals surface area contributed by atoms with Crippen molar-refractivity contribution < 1.29 is 4.74 Å². The predicted molar refractivity (Wildman–Crippen MR) is 79.8 cm³/mol. The first kappa shape index (κ1) is 14.2. The van der Waals surface area contributed by atoms with Gasteiger partial charge in [0.1, 0.15) is 0 Å². The van der Waals surface area contributed by atoms with E-state index < -0.39 is 0 Å². The molecule has 2 aliphatic carbocycles. The third kappa shape index (κ3) is 3.11. The van der Waals surface area contributed by atoms with Crippen molar-refractivity contribution in [1.82, 2.24) is 5.32 Å². The number of alkyl halides is 1. The van der Waals surface area contributed by atoms with Crippen LogP contribution < -0.4 is 5.32 Å². The normalized spacial score (nSPS) is 33.0. The number of hydrogen-bond donors (Lipinski definition) is 1. The van der Waals surface area contributed by atoms with Crippen LogP contribution in [-0.2, 0) is 4.74 Å². The fourth-order valence-electron chi connectivity index (χ4n) is 4.34. The molecule has 1 N–H and O–H groups in total. The third-order valence-electron chi connectivity index (χ3n) is 5.62. The van der Waals surface area contributed by atoms with Crippen LogP contribution in [0.4, 0.5) is 0 Å². The van der Waals surface area contributed by atoms with Crippen molar-refractivity contribution in [2.75, 3.05) is 12.4 Å². The van der Waals surface area contributed by atoms with Gasteiger partial charge in [-0.05, 0) is 38.5 Å². The minimum atomic E-state index is 0.203. The highest BCUT2D eigenvalue weighted by atomic mass is 35.5. The Kier molecular flexibility index (Phi) is 4.40. The summed E-state index contributed by atoms with van der Waals surface area (Å²) in [5, 5.41) is 3.78. The van der Waals surface area contributed by atoms with Crippen LogP contribution in [0.15, 0.2) is 0 Å². The molecule has 1 spiro atoms. The second-order valence-corrected chi connectivity index (χ2v) is 7.29. The number of halogens is 1. The Hall–Kier alpha value is 0.210. The Morgan fingerprint density at radius 3 is 2.32 bits per heavy atom. The van der Waals surface area contributed by atoms with E-state index in [-0.39, 0.29) is 11.1 Å². The SMILES string of the molecule is ClCC1(NCC2CCC3(CCCC3)O2)CCCCC1. The first-order chi connectivity index (χ1) is 9.26. The molecule has 1 saturated heterocycles. The first-order valence-corrected chi connectivity index (χ1v) is 8.78. The molecular formula is C16H28ClNO. The van der Waals surface area contributed by atoms with Gasteiger partial charge in [0.2, 0.25) is 0 Å². The maximum Gasteiger partial charge on any atom is 0.0708 e. The highest BCUT2D eigenvalue weighted by molar-refractivity contribution is 6.18. The van der Waals surface area contributed by atoms with Crippen LogP contribution >= 0.6 is 11.6 Å². The van der Waals surface area contributed by atoms with Crippen molar-refractivity contribution in [3.05, 3.63) is 0 Å². The molecule has 110 valence electrons. The highest BCUT2D eigenvalue weighted by Gasteiger charge is 2.42. The lowest BCUT2D eigenvalue weighted by Gasteiger charge is -2.37. The van der Waals surface area contributed by atoms with E-state index in [1.807, 2.05) is 0 Å². The largest absolute Gasteiger partial charge is 0.370 e.